The van der Waals surface area contributed by atoms with Crippen LogP contribution in [0.25, 0.3) is 0 Å². The lowest BCUT2D eigenvalue weighted by Crippen LogP contribution is -2.58. The van der Waals surface area contributed by atoms with Crippen LogP contribution in [0.1, 0.15) is 105 Å². The van der Waals surface area contributed by atoms with E-state index in [4.69, 9.17) is 4.74 Å². The van der Waals surface area contributed by atoms with Crippen molar-refractivity contribution in [3.63, 3.8) is 0 Å². The average Bonchev–Trinajstić information content (AvgIpc) is 3.22. The van der Waals surface area contributed by atoms with Gasteiger partial charge < -0.3 is 9.84 Å². The van der Waals surface area contributed by atoms with Crippen LogP contribution in [0, 0.1) is 46.3 Å². The summed E-state index contributed by atoms with van der Waals surface area (Å²) in [6.45, 7) is 12.6. The summed E-state index contributed by atoms with van der Waals surface area (Å²) in [6, 6.07) is 0. The van der Waals surface area contributed by atoms with E-state index in [1.807, 2.05) is 0 Å². The summed E-state index contributed by atoms with van der Waals surface area (Å²) in [7, 11) is 0. The fourth-order valence-corrected chi connectivity index (χ4v) is 9.68. The Morgan fingerprint density at radius 1 is 0.966 bits per heavy atom. The van der Waals surface area contributed by atoms with Gasteiger partial charge in [-0.2, -0.15) is 0 Å². The number of fused-ring (bicyclic) bond motifs is 4. The Balaban J connectivity index is 1.33. The molecule has 0 aromatic carbocycles. The molecular formula is C27H46O2. The molecule has 2 nitrogen and oxygen atoms in total. The Labute approximate surface area is 179 Å². The van der Waals surface area contributed by atoms with Crippen LogP contribution in [0.15, 0.2) is 0 Å². The molecule has 0 amide bonds. The number of rotatable bonds is 5. The van der Waals surface area contributed by atoms with Crippen molar-refractivity contribution >= 4 is 0 Å². The van der Waals surface area contributed by atoms with Crippen molar-refractivity contribution in [3.05, 3.63) is 0 Å². The molecule has 1 heterocycles. The van der Waals surface area contributed by atoms with E-state index in [2.05, 4.69) is 34.6 Å². The molecule has 1 saturated heterocycles. The molecule has 1 N–H and O–H groups in total. The van der Waals surface area contributed by atoms with Crippen LogP contribution < -0.4 is 0 Å². The van der Waals surface area contributed by atoms with E-state index in [9.17, 15) is 5.11 Å². The monoisotopic (exact) mass is 402 g/mol. The van der Waals surface area contributed by atoms with Crippen molar-refractivity contribution in [2.75, 3.05) is 0 Å². The van der Waals surface area contributed by atoms with E-state index in [1.165, 1.54) is 57.8 Å². The van der Waals surface area contributed by atoms with Crippen molar-refractivity contribution in [3.8, 4) is 0 Å². The average molecular weight is 403 g/mol. The quantitative estimate of drug-likeness (QED) is 0.525. The van der Waals surface area contributed by atoms with Crippen LogP contribution in [-0.4, -0.2) is 22.9 Å². The zero-order valence-corrected chi connectivity index (χ0v) is 19.8. The number of epoxide rings is 1. The van der Waals surface area contributed by atoms with E-state index in [0.29, 0.717) is 16.9 Å². The number of hydrogen-bond donors (Lipinski definition) is 1. The maximum Gasteiger partial charge on any atom is 0.103 e. The van der Waals surface area contributed by atoms with Crippen LogP contribution in [0.4, 0.5) is 0 Å². The summed E-state index contributed by atoms with van der Waals surface area (Å²) in [5.41, 5.74) is 0.932. The second-order valence-electron chi connectivity index (χ2n) is 13.0. The molecule has 2 heteroatoms. The van der Waals surface area contributed by atoms with Gasteiger partial charge in [-0.25, -0.2) is 0 Å². The first-order valence-corrected chi connectivity index (χ1v) is 13.1. The summed E-state index contributed by atoms with van der Waals surface area (Å²) in [4.78, 5) is 0. The molecule has 166 valence electrons. The molecule has 5 rings (SSSR count). The Bertz CT molecular complexity index is 630. The smallest absolute Gasteiger partial charge is 0.103 e. The zero-order valence-electron chi connectivity index (χ0n) is 19.8. The normalized spacial score (nSPS) is 54.3. The summed E-state index contributed by atoms with van der Waals surface area (Å²) in [5.74, 6) is 5.31. The van der Waals surface area contributed by atoms with Crippen molar-refractivity contribution in [1.82, 2.24) is 0 Å². The fraction of sp³-hybridized carbons (Fsp3) is 1.00. The first-order chi connectivity index (χ1) is 13.7. The highest BCUT2D eigenvalue weighted by Gasteiger charge is 2.76. The second-order valence-corrected chi connectivity index (χ2v) is 13.0. The Morgan fingerprint density at radius 2 is 1.76 bits per heavy atom. The summed E-state index contributed by atoms with van der Waals surface area (Å²) < 4.78 is 6.51. The lowest BCUT2D eigenvalue weighted by atomic mass is 9.44. The minimum atomic E-state index is -0.124. The molecule has 0 aromatic rings. The van der Waals surface area contributed by atoms with Gasteiger partial charge in [0.1, 0.15) is 5.60 Å². The maximum atomic E-state index is 10.4. The minimum Gasteiger partial charge on any atom is -0.393 e. The number of ether oxygens (including phenoxy) is 1. The van der Waals surface area contributed by atoms with Crippen molar-refractivity contribution in [2.45, 2.75) is 123 Å². The Kier molecular flexibility index (Phi) is 4.99. The van der Waals surface area contributed by atoms with Gasteiger partial charge in [-0.15, -0.1) is 0 Å². The molecule has 1 unspecified atom stereocenters. The predicted molar refractivity (Wildman–Crippen MR) is 119 cm³/mol. The molecule has 5 fully saturated rings. The van der Waals surface area contributed by atoms with Gasteiger partial charge in [-0.05, 0) is 85.9 Å². The Hall–Kier alpha value is -0.0800. The van der Waals surface area contributed by atoms with Crippen LogP contribution in [0.5, 0.6) is 0 Å². The zero-order chi connectivity index (χ0) is 20.6. The Morgan fingerprint density at radius 3 is 2.52 bits per heavy atom. The first-order valence-electron chi connectivity index (χ1n) is 13.1. The SMILES string of the molecule is CC(C)CCC[C@@H](C)[C@H]1CC[C@H]2[C@@H]3C[C@@H]4O[C@@]45CC(O)CC[C@]5(C)[C@H]3CC[C@]12C. The van der Waals surface area contributed by atoms with Crippen molar-refractivity contribution in [1.29, 1.82) is 0 Å². The summed E-state index contributed by atoms with van der Waals surface area (Å²) in [6.07, 6.45) is 14.8. The molecule has 1 aliphatic heterocycles. The van der Waals surface area contributed by atoms with Gasteiger partial charge in [0, 0.05) is 11.8 Å². The molecule has 4 saturated carbocycles. The van der Waals surface area contributed by atoms with E-state index in [-0.39, 0.29) is 11.7 Å². The van der Waals surface area contributed by atoms with Crippen LogP contribution >= 0.6 is 0 Å². The molecular weight excluding hydrogens is 356 g/mol. The largest absolute Gasteiger partial charge is 0.393 e. The third-order valence-electron chi connectivity index (χ3n) is 11.3. The van der Waals surface area contributed by atoms with Gasteiger partial charge in [0.15, 0.2) is 0 Å². The lowest BCUT2D eigenvalue weighted by Gasteiger charge is -2.59. The number of aliphatic hydroxyl groups is 1. The van der Waals surface area contributed by atoms with Crippen LogP contribution in [0.2, 0.25) is 0 Å². The van der Waals surface area contributed by atoms with E-state index in [1.54, 1.807) is 0 Å². The van der Waals surface area contributed by atoms with Gasteiger partial charge >= 0.3 is 0 Å². The van der Waals surface area contributed by atoms with Crippen LogP contribution in [0.3, 0.4) is 0 Å². The maximum absolute atomic E-state index is 10.4. The van der Waals surface area contributed by atoms with E-state index in [0.717, 1.165) is 48.3 Å². The van der Waals surface area contributed by atoms with Crippen molar-refractivity contribution < 1.29 is 9.84 Å². The van der Waals surface area contributed by atoms with Gasteiger partial charge in [0.25, 0.3) is 0 Å². The molecule has 10 atom stereocenters. The van der Waals surface area contributed by atoms with Gasteiger partial charge in [0.05, 0.1) is 12.2 Å². The standard InChI is InChI=1S/C27H46O2/c1-17(2)7-6-8-18(3)21-9-10-22-20-15-24-27(29-24)16-19(28)11-14-26(27,5)23(20)12-13-25(21,22)4/h17-24,28H,6-16H2,1-5H3/t18-,19?,20+,21-,22+,23+,24+,25-,26-,27+/m1/s1. The fourth-order valence-electron chi connectivity index (χ4n) is 9.68. The molecule has 29 heavy (non-hydrogen) atoms. The van der Waals surface area contributed by atoms with E-state index < -0.39 is 0 Å². The highest BCUT2D eigenvalue weighted by Crippen LogP contribution is 2.74. The van der Waals surface area contributed by atoms with Gasteiger partial charge in [-0.1, -0.05) is 53.9 Å². The molecule has 0 aromatic heterocycles. The molecule has 0 bridgehead atoms. The van der Waals surface area contributed by atoms with Gasteiger partial charge in [0.2, 0.25) is 0 Å². The summed E-state index contributed by atoms with van der Waals surface area (Å²) in [5, 5.41) is 10.4. The highest BCUT2D eigenvalue weighted by molar-refractivity contribution is 5.24. The molecule has 4 aliphatic carbocycles. The summed E-state index contributed by atoms with van der Waals surface area (Å²) >= 11 is 0. The third-order valence-corrected chi connectivity index (χ3v) is 11.3. The topological polar surface area (TPSA) is 32.8 Å². The predicted octanol–water partition coefficient (Wildman–Crippen LogP) is 6.60. The molecule has 1 spiro atoms. The number of aliphatic hydroxyl groups excluding tert-OH is 1. The minimum absolute atomic E-state index is 0.0434. The highest BCUT2D eigenvalue weighted by atomic mass is 16.6. The third kappa shape index (κ3) is 2.94. The molecule has 0 radical (unpaired) electrons. The molecule has 5 aliphatic rings. The lowest BCUT2D eigenvalue weighted by molar-refractivity contribution is -0.116. The van der Waals surface area contributed by atoms with Crippen LogP contribution in [-0.2, 0) is 4.74 Å². The van der Waals surface area contributed by atoms with Crippen molar-refractivity contribution in [2.24, 2.45) is 46.3 Å². The van der Waals surface area contributed by atoms with E-state index >= 15 is 0 Å². The second kappa shape index (κ2) is 6.96. The first kappa shape index (κ1) is 20.8. The van der Waals surface area contributed by atoms with Gasteiger partial charge in [-0.3, -0.25) is 0 Å². The number of hydrogen-bond acceptors (Lipinski definition) is 2.